The van der Waals surface area contributed by atoms with Crippen LogP contribution in [0.1, 0.15) is 49.8 Å². The van der Waals surface area contributed by atoms with Gasteiger partial charge in [-0.2, -0.15) is 0 Å². The molecule has 0 aliphatic rings. The molecule has 0 radical (unpaired) electrons. The van der Waals surface area contributed by atoms with Crippen LogP contribution in [-0.4, -0.2) is 24.3 Å². The largest absolute Gasteiger partial charge is 0.302 e. The second-order valence-electron chi connectivity index (χ2n) is 5.53. The molecule has 0 aliphatic heterocycles. The van der Waals surface area contributed by atoms with Crippen molar-refractivity contribution >= 4 is 5.78 Å². The summed E-state index contributed by atoms with van der Waals surface area (Å²) in [7, 11) is 2.07. The molecule has 0 amide bonds. The van der Waals surface area contributed by atoms with Crippen molar-refractivity contribution in [1.29, 1.82) is 0 Å². The molecule has 1 aromatic carbocycles. The van der Waals surface area contributed by atoms with Crippen molar-refractivity contribution in [1.82, 2.24) is 4.90 Å². The van der Waals surface area contributed by atoms with E-state index in [1.165, 1.54) is 16.7 Å². The predicted molar refractivity (Wildman–Crippen MR) is 76.9 cm³/mol. The van der Waals surface area contributed by atoms with E-state index >= 15 is 0 Å². The molecule has 0 saturated carbocycles. The van der Waals surface area contributed by atoms with Crippen LogP contribution in [-0.2, 0) is 11.3 Å². The first-order valence-electron chi connectivity index (χ1n) is 6.67. The molecule has 0 N–H and O–H groups in total. The number of nitrogens with zero attached hydrogens (tertiary/aromatic N) is 1. The maximum absolute atomic E-state index is 11.0. The van der Waals surface area contributed by atoms with Gasteiger partial charge in [0.2, 0.25) is 0 Å². The van der Waals surface area contributed by atoms with Crippen molar-refractivity contribution in [3.63, 3.8) is 0 Å². The Labute approximate surface area is 111 Å². The molecule has 2 heteroatoms. The average Bonchev–Trinajstić information content (AvgIpc) is 2.29. The molecule has 0 aromatic heterocycles. The predicted octanol–water partition coefficient (Wildman–Crippen LogP) is 3.53. The summed E-state index contributed by atoms with van der Waals surface area (Å²) in [6, 6.07) is 6.70. The second-order valence-corrected chi connectivity index (χ2v) is 5.53. The van der Waals surface area contributed by atoms with Crippen LogP contribution in [0.2, 0.25) is 0 Å². The van der Waals surface area contributed by atoms with Gasteiger partial charge in [0.1, 0.15) is 5.78 Å². The first-order valence-corrected chi connectivity index (χ1v) is 6.67. The molecule has 0 heterocycles. The molecular weight excluding hydrogens is 222 g/mol. The third kappa shape index (κ3) is 4.61. The zero-order chi connectivity index (χ0) is 13.7. The highest BCUT2D eigenvalue weighted by atomic mass is 16.1. The maximum atomic E-state index is 11.0. The fourth-order valence-electron chi connectivity index (χ4n) is 1.94. The van der Waals surface area contributed by atoms with Crippen LogP contribution in [0.5, 0.6) is 0 Å². The Hall–Kier alpha value is -1.15. The van der Waals surface area contributed by atoms with Crippen LogP contribution >= 0.6 is 0 Å². The molecule has 0 unspecified atom stereocenters. The van der Waals surface area contributed by atoms with Crippen LogP contribution in [0.4, 0.5) is 0 Å². The molecule has 0 saturated heterocycles. The first kappa shape index (κ1) is 14.9. The van der Waals surface area contributed by atoms with Gasteiger partial charge >= 0.3 is 0 Å². The molecular formula is C16H25NO. The molecule has 0 atom stereocenters. The minimum absolute atomic E-state index is 0.259. The Bertz CT molecular complexity index is 410. The van der Waals surface area contributed by atoms with Crippen molar-refractivity contribution in [2.75, 3.05) is 13.6 Å². The van der Waals surface area contributed by atoms with Crippen molar-refractivity contribution in [2.24, 2.45) is 0 Å². The number of ketones is 1. The number of carbonyl (C=O) groups excluding carboxylic acids is 1. The normalized spacial score (nSPS) is 11.3. The number of hydrogen-bond acceptors (Lipinski definition) is 2. The number of carbonyl (C=O) groups is 1. The van der Waals surface area contributed by atoms with Gasteiger partial charge in [-0.05, 0) is 43.5 Å². The lowest BCUT2D eigenvalue weighted by atomic mass is 9.97. The summed E-state index contributed by atoms with van der Waals surface area (Å²) in [5, 5.41) is 0. The van der Waals surface area contributed by atoms with Crippen LogP contribution < -0.4 is 0 Å². The molecule has 18 heavy (non-hydrogen) atoms. The van der Waals surface area contributed by atoms with E-state index in [0.717, 1.165) is 13.1 Å². The Morgan fingerprint density at radius 1 is 1.33 bits per heavy atom. The summed E-state index contributed by atoms with van der Waals surface area (Å²) in [6.07, 6.45) is 0.638. The molecule has 0 spiro atoms. The van der Waals surface area contributed by atoms with Gasteiger partial charge in [0.05, 0.1) is 0 Å². The Kier molecular flexibility index (Phi) is 5.54. The standard InChI is InChI=1S/C16H25NO/c1-12(2)15-7-6-13(3)16(10-15)11-17(5)9-8-14(4)18/h6-7,10,12H,8-9,11H2,1-5H3. The van der Waals surface area contributed by atoms with Crippen molar-refractivity contribution < 1.29 is 4.79 Å². The van der Waals surface area contributed by atoms with Crippen LogP contribution in [0.15, 0.2) is 18.2 Å². The van der Waals surface area contributed by atoms with Crippen LogP contribution in [0.25, 0.3) is 0 Å². The van der Waals surface area contributed by atoms with E-state index in [-0.39, 0.29) is 5.78 Å². The number of benzene rings is 1. The lowest BCUT2D eigenvalue weighted by Gasteiger charge is -2.18. The fraction of sp³-hybridized carbons (Fsp3) is 0.562. The molecule has 0 bridgehead atoms. The monoisotopic (exact) mass is 247 g/mol. The highest BCUT2D eigenvalue weighted by Crippen LogP contribution is 2.19. The molecule has 0 aliphatic carbocycles. The zero-order valence-corrected chi connectivity index (χ0v) is 12.3. The number of hydrogen-bond donors (Lipinski definition) is 0. The summed E-state index contributed by atoms with van der Waals surface area (Å²) in [5.41, 5.74) is 4.08. The average molecular weight is 247 g/mol. The topological polar surface area (TPSA) is 20.3 Å². The zero-order valence-electron chi connectivity index (χ0n) is 12.3. The molecule has 1 aromatic rings. The number of aryl methyl sites for hydroxylation is 1. The fourth-order valence-corrected chi connectivity index (χ4v) is 1.94. The van der Waals surface area contributed by atoms with Gasteiger partial charge in [0, 0.05) is 19.5 Å². The van der Waals surface area contributed by atoms with Crippen LogP contribution in [0.3, 0.4) is 0 Å². The Morgan fingerprint density at radius 2 is 2.00 bits per heavy atom. The number of Topliss-reactive ketones (excluding diaryl/α,β-unsaturated/α-hetero) is 1. The quantitative estimate of drug-likeness (QED) is 0.766. The van der Waals surface area contributed by atoms with Gasteiger partial charge < -0.3 is 4.90 Å². The van der Waals surface area contributed by atoms with Crippen LogP contribution in [0, 0.1) is 6.92 Å². The van der Waals surface area contributed by atoms with E-state index in [1.807, 2.05) is 0 Å². The summed E-state index contributed by atoms with van der Waals surface area (Å²) in [4.78, 5) is 13.2. The highest BCUT2D eigenvalue weighted by molar-refractivity contribution is 5.75. The van der Waals surface area contributed by atoms with E-state index in [0.29, 0.717) is 12.3 Å². The summed E-state index contributed by atoms with van der Waals surface area (Å²) in [6.45, 7) is 9.99. The van der Waals surface area contributed by atoms with Crippen molar-refractivity contribution in [2.45, 2.75) is 46.6 Å². The molecule has 0 fully saturated rings. The summed E-state index contributed by atoms with van der Waals surface area (Å²) in [5.74, 6) is 0.821. The van der Waals surface area contributed by atoms with E-state index < -0.39 is 0 Å². The van der Waals surface area contributed by atoms with Crippen molar-refractivity contribution in [3.8, 4) is 0 Å². The van der Waals surface area contributed by atoms with E-state index in [9.17, 15) is 4.79 Å². The first-order chi connectivity index (χ1) is 8.40. The number of rotatable bonds is 6. The Morgan fingerprint density at radius 3 is 2.56 bits per heavy atom. The SMILES string of the molecule is CC(=O)CCN(C)Cc1cc(C(C)C)ccc1C. The van der Waals surface area contributed by atoms with E-state index in [1.54, 1.807) is 6.92 Å². The minimum atomic E-state index is 0.259. The minimum Gasteiger partial charge on any atom is -0.302 e. The maximum Gasteiger partial charge on any atom is 0.131 e. The summed E-state index contributed by atoms with van der Waals surface area (Å²) >= 11 is 0. The second kappa shape index (κ2) is 6.69. The third-order valence-electron chi connectivity index (χ3n) is 3.33. The molecule has 100 valence electrons. The summed E-state index contributed by atoms with van der Waals surface area (Å²) < 4.78 is 0. The van der Waals surface area contributed by atoms with E-state index in [4.69, 9.17) is 0 Å². The molecule has 2 nitrogen and oxygen atoms in total. The smallest absolute Gasteiger partial charge is 0.131 e. The van der Waals surface area contributed by atoms with Gasteiger partial charge in [0.25, 0.3) is 0 Å². The van der Waals surface area contributed by atoms with Crippen molar-refractivity contribution in [3.05, 3.63) is 34.9 Å². The molecule has 1 rings (SSSR count). The lowest BCUT2D eigenvalue weighted by molar-refractivity contribution is -0.117. The van der Waals surface area contributed by atoms with E-state index in [2.05, 4.69) is 50.9 Å². The Balaban J connectivity index is 2.70. The lowest BCUT2D eigenvalue weighted by Crippen LogP contribution is -2.21. The van der Waals surface area contributed by atoms with Gasteiger partial charge in [-0.25, -0.2) is 0 Å². The van der Waals surface area contributed by atoms with Gasteiger partial charge in [-0.3, -0.25) is 4.79 Å². The van der Waals surface area contributed by atoms with Gasteiger partial charge in [-0.1, -0.05) is 32.0 Å². The highest BCUT2D eigenvalue weighted by Gasteiger charge is 2.07. The van der Waals surface area contributed by atoms with Gasteiger partial charge in [0.15, 0.2) is 0 Å². The van der Waals surface area contributed by atoms with Gasteiger partial charge in [-0.15, -0.1) is 0 Å². The third-order valence-corrected chi connectivity index (χ3v) is 3.33.